The van der Waals surface area contributed by atoms with E-state index in [0.717, 1.165) is 10.0 Å². The van der Waals surface area contributed by atoms with Crippen LogP contribution in [0.5, 0.6) is 0 Å². The number of carbonyl (C=O) groups is 1. The Morgan fingerprint density at radius 2 is 1.89 bits per heavy atom. The quantitative estimate of drug-likeness (QED) is 0.560. The summed E-state index contributed by atoms with van der Waals surface area (Å²) in [6.45, 7) is 4.02. The van der Waals surface area contributed by atoms with Gasteiger partial charge in [0.15, 0.2) is 12.0 Å². The van der Waals surface area contributed by atoms with E-state index in [0.29, 0.717) is 28.9 Å². The number of rotatable bonds is 2. The summed E-state index contributed by atoms with van der Waals surface area (Å²) in [6.07, 6.45) is 2.42. The van der Waals surface area contributed by atoms with Gasteiger partial charge in [-0.1, -0.05) is 41.9 Å². The van der Waals surface area contributed by atoms with E-state index in [1.54, 1.807) is 18.2 Å². The number of benzene rings is 1. The number of hydrogen-bond acceptors (Lipinski definition) is 4. The minimum absolute atomic E-state index is 0.0456. The first-order valence-electron chi connectivity index (χ1n) is 9.30. The van der Waals surface area contributed by atoms with Gasteiger partial charge in [0.2, 0.25) is 0 Å². The maximum absolute atomic E-state index is 13.0. The number of nitrogens with zero attached hydrogens (tertiary/aromatic N) is 1. The molecule has 0 unspecified atom stereocenters. The van der Waals surface area contributed by atoms with Crippen molar-refractivity contribution in [1.29, 1.82) is 0 Å². The van der Waals surface area contributed by atoms with E-state index < -0.39 is 5.79 Å². The van der Waals surface area contributed by atoms with Gasteiger partial charge in [-0.25, -0.2) is 0 Å². The van der Waals surface area contributed by atoms with Crippen LogP contribution in [0.15, 0.2) is 64.5 Å². The van der Waals surface area contributed by atoms with E-state index in [9.17, 15) is 15.1 Å². The third-order valence-corrected chi connectivity index (χ3v) is 6.03. The van der Waals surface area contributed by atoms with Gasteiger partial charge in [0.05, 0.1) is 0 Å². The van der Waals surface area contributed by atoms with Crippen molar-refractivity contribution in [3.63, 3.8) is 0 Å². The lowest BCUT2D eigenvalue weighted by Gasteiger charge is -2.43. The number of aliphatic hydroxyl groups is 1. The van der Waals surface area contributed by atoms with Gasteiger partial charge >= 0.3 is 0 Å². The van der Waals surface area contributed by atoms with Crippen LogP contribution in [0, 0.1) is 10.6 Å². The lowest BCUT2D eigenvalue weighted by molar-refractivity contribution is -0.629. The summed E-state index contributed by atoms with van der Waals surface area (Å²) in [7, 11) is 0. The molecule has 0 saturated carbocycles. The normalized spacial score (nSPS) is 26.6. The van der Waals surface area contributed by atoms with E-state index >= 15 is 0 Å². The number of pyridine rings is 1. The highest BCUT2D eigenvalue weighted by Crippen LogP contribution is 2.51. The summed E-state index contributed by atoms with van der Waals surface area (Å²) in [5.41, 5.74) is 1.40. The molecule has 28 heavy (non-hydrogen) atoms. The van der Waals surface area contributed by atoms with Gasteiger partial charge in [0.25, 0.3) is 11.5 Å². The fourth-order valence-corrected chi connectivity index (χ4v) is 4.51. The molecule has 0 bridgehead atoms. The highest BCUT2D eigenvalue weighted by molar-refractivity contribution is 9.10. The molecule has 5 nitrogen and oxygen atoms in total. The number of carbonyl (C=O) groups excluding carboxylic acids is 1. The van der Waals surface area contributed by atoms with Crippen LogP contribution in [0.2, 0.25) is 0 Å². The van der Waals surface area contributed by atoms with Crippen LogP contribution in [0.3, 0.4) is 0 Å². The van der Waals surface area contributed by atoms with Crippen LogP contribution in [-0.4, -0.2) is 10.9 Å². The van der Waals surface area contributed by atoms with Gasteiger partial charge in [-0.05, 0) is 29.2 Å². The molecule has 4 rings (SSSR count). The Hall–Kier alpha value is -2.18. The molecular weight excluding hydrogens is 422 g/mol. The molecule has 1 aliphatic heterocycles. The first-order valence-corrected chi connectivity index (χ1v) is 10.1. The molecule has 1 aromatic heterocycles. The van der Waals surface area contributed by atoms with Crippen molar-refractivity contribution in [1.82, 2.24) is 0 Å². The molecule has 1 aliphatic carbocycles. The van der Waals surface area contributed by atoms with Crippen molar-refractivity contribution in [2.75, 3.05) is 0 Å². The van der Waals surface area contributed by atoms with Crippen LogP contribution in [-0.2, 0) is 15.3 Å². The number of ether oxygens (including phenoxy) is 1. The molecule has 0 radical (unpaired) electrons. The number of aromatic nitrogens is 1. The van der Waals surface area contributed by atoms with E-state index in [-0.39, 0.29) is 29.2 Å². The Balaban J connectivity index is 1.87. The Labute approximate surface area is 172 Å². The van der Waals surface area contributed by atoms with Crippen LogP contribution >= 0.6 is 15.9 Å². The number of allylic oxidation sites excluding steroid dienone is 2. The van der Waals surface area contributed by atoms with Gasteiger partial charge in [-0.3, -0.25) is 4.79 Å². The highest BCUT2D eigenvalue weighted by atomic mass is 79.9. The predicted octanol–water partition coefficient (Wildman–Crippen LogP) is 4.07. The Bertz CT molecular complexity index is 967. The molecular formula is C22H22BrNO4. The van der Waals surface area contributed by atoms with Gasteiger partial charge in [-0.2, -0.15) is 4.73 Å². The molecule has 0 spiro atoms. The summed E-state index contributed by atoms with van der Waals surface area (Å²) in [5, 5.41) is 23.8. The zero-order chi connectivity index (χ0) is 20.1. The van der Waals surface area contributed by atoms with Crippen LogP contribution in [0.25, 0.3) is 0 Å². The van der Waals surface area contributed by atoms with Crippen LogP contribution < -0.4 is 4.73 Å². The summed E-state index contributed by atoms with van der Waals surface area (Å²) in [4.78, 5) is 13.0. The second-order valence-corrected chi connectivity index (χ2v) is 9.30. The van der Waals surface area contributed by atoms with Crippen LogP contribution in [0.4, 0.5) is 0 Å². The Kier molecular flexibility index (Phi) is 4.59. The van der Waals surface area contributed by atoms with Gasteiger partial charge in [0.1, 0.15) is 5.76 Å². The highest BCUT2D eigenvalue weighted by Gasteiger charge is 2.51. The summed E-state index contributed by atoms with van der Waals surface area (Å²) in [6, 6.07) is 12.6. The average Bonchev–Trinajstić information content (AvgIpc) is 2.60. The van der Waals surface area contributed by atoms with Crippen molar-refractivity contribution in [3.05, 3.63) is 80.9 Å². The Morgan fingerprint density at radius 3 is 2.57 bits per heavy atom. The molecule has 146 valence electrons. The van der Waals surface area contributed by atoms with E-state index in [4.69, 9.17) is 4.74 Å². The smallest absolute Gasteiger partial charge is 0.296 e. The number of Topliss-reactive ketones (excluding diaryl/α,β-unsaturated/α-hetero) is 1. The number of ketones is 1. The minimum Gasteiger partial charge on any atom is -0.618 e. The third kappa shape index (κ3) is 3.35. The summed E-state index contributed by atoms with van der Waals surface area (Å²) < 4.78 is 7.57. The molecule has 0 amide bonds. The second-order valence-electron chi connectivity index (χ2n) is 8.38. The molecule has 2 atom stereocenters. The Morgan fingerprint density at radius 1 is 1.18 bits per heavy atom. The van der Waals surface area contributed by atoms with E-state index in [1.807, 2.05) is 38.1 Å². The van der Waals surface area contributed by atoms with Crippen molar-refractivity contribution in [2.45, 2.75) is 44.8 Å². The van der Waals surface area contributed by atoms with Crippen molar-refractivity contribution >= 4 is 21.7 Å². The van der Waals surface area contributed by atoms with Crippen molar-refractivity contribution in [2.24, 2.45) is 5.41 Å². The maximum Gasteiger partial charge on any atom is 0.296 e. The molecule has 0 saturated heterocycles. The molecule has 2 heterocycles. The average molecular weight is 444 g/mol. The number of hydrogen-bond donors (Lipinski definition) is 1. The monoisotopic (exact) mass is 443 g/mol. The fourth-order valence-electron chi connectivity index (χ4n) is 4.25. The SMILES string of the molecule is CC1(C)CC(=O)C2=C(C1)O[C@@](O)(c1cccc[n+]1[O-])C[C@@H]2c1ccc(Br)cc1. The minimum atomic E-state index is -1.80. The zero-order valence-electron chi connectivity index (χ0n) is 15.8. The second kappa shape index (κ2) is 6.71. The molecule has 0 fully saturated rings. The largest absolute Gasteiger partial charge is 0.618 e. The summed E-state index contributed by atoms with van der Waals surface area (Å²) >= 11 is 3.44. The molecule has 6 heteroatoms. The van der Waals surface area contributed by atoms with Gasteiger partial charge in [0, 0.05) is 47.4 Å². The molecule has 2 aromatic rings. The topological polar surface area (TPSA) is 73.5 Å². The third-order valence-electron chi connectivity index (χ3n) is 5.50. The van der Waals surface area contributed by atoms with Crippen molar-refractivity contribution < 1.29 is 19.4 Å². The lowest BCUT2D eigenvalue weighted by atomic mass is 9.69. The number of halogens is 1. The fraction of sp³-hybridized carbons (Fsp3) is 0.364. The first-order chi connectivity index (χ1) is 13.2. The maximum atomic E-state index is 13.0. The lowest BCUT2D eigenvalue weighted by Crippen LogP contribution is -2.48. The summed E-state index contributed by atoms with van der Waals surface area (Å²) in [5.74, 6) is -1.60. The van der Waals surface area contributed by atoms with Crippen molar-refractivity contribution in [3.8, 4) is 0 Å². The predicted molar refractivity (Wildman–Crippen MR) is 107 cm³/mol. The molecule has 1 aromatic carbocycles. The first kappa shape index (κ1) is 19.2. The van der Waals surface area contributed by atoms with Gasteiger partial charge < -0.3 is 15.1 Å². The van der Waals surface area contributed by atoms with Crippen LogP contribution in [0.1, 0.15) is 50.3 Å². The van der Waals surface area contributed by atoms with Gasteiger partial charge in [-0.15, -0.1) is 0 Å². The standard InChI is InChI=1S/C22H22BrNO4/c1-21(2)12-17(25)20-16(14-6-8-15(23)9-7-14)11-22(26,28-18(20)13-21)19-5-3-4-10-24(19)27/h3-10,16,26H,11-13H2,1-2H3/t16-,22-/m1/s1. The molecule has 1 N–H and O–H groups in total. The van der Waals surface area contributed by atoms with E-state index in [1.165, 1.54) is 6.20 Å². The molecule has 2 aliphatic rings. The van der Waals surface area contributed by atoms with E-state index in [2.05, 4.69) is 15.9 Å². The zero-order valence-corrected chi connectivity index (χ0v) is 17.4.